The molecule has 0 radical (unpaired) electrons. The Balaban J connectivity index is 2.02. The van der Waals surface area contributed by atoms with Crippen LogP contribution in [0.4, 0.5) is 0 Å². The zero-order valence-electron chi connectivity index (χ0n) is 11.5. The molecule has 106 valence electrons. The molecule has 0 aromatic carbocycles. The Morgan fingerprint density at radius 3 is 2.89 bits per heavy atom. The predicted octanol–water partition coefficient (Wildman–Crippen LogP) is 0.365. The molecule has 1 saturated heterocycles. The maximum Gasteiger partial charge on any atom is 0.188 e. The molecule has 0 aromatic rings. The fourth-order valence-corrected chi connectivity index (χ4v) is 1.92. The standard InChI is InChI=1S/C12H26N4OS/c1-11(18-2)10-15-12(13)14-4-3-5-16-6-8-17-9-7-16/h11H,3-10H2,1-2H3,(H3,13,14,15). The van der Waals surface area contributed by atoms with Crippen LogP contribution < -0.4 is 11.1 Å². The van der Waals surface area contributed by atoms with E-state index in [9.17, 15) is 0 Å². The molecule has 18 heavy (non-hydrogen) atoms. The molecule has 1 unspecified atom stereocenters. The largest absolute Gasteiger partial charge is 0.379 e. The highest BCUT2D eigenvalue weighted by atomic mass is 32.2. The number of nitrogens with zero attached hydrogens (tertiary/aromatic N) is 2. The van der Waals surface area contributed by atoms with Crippen molar-refractivity contribution in [2.45, 2.75) is 18.6 Å². The third kappa shape index (κ3) is 7.08. The molecule has 1 atom stereocenters. The van der Waals surface area contributed by atoms with Gasteiger partial charge in [-0.2, -0.15) is 11.8 Å². The van der Waals surface area contributed by atoms with Crippen LogP contribution in [0.1, 0.15) is 13.3 Å². The minimum absolute atomic E-state index is 0.527. The number of ether oxygens (including phenoxy) is 1. The molecule has 0 aromatic heterocycles. The summed E-state index contributed by atoms with van der Waals surface area (Å²) in [6.45, 7) is 8.76. The number of thioether (sulfide) groups is 1. The molecule has 0 bridgehead atoms. The Kier molecular flexibility index (Phi) is 8.20. The zero-order valence-corrected chi connectivity index (χ0v) is 12.3. The third-order valence-corrected chi connectivity index (χ3v) is 3.94. The summed E-state index contributed by atoms with van der Waals surface area (Å²) in [5.41, 5.74) is 5.79. The lowest BCUT2D eigenvalue weighted by Crippen LogP contribution is -2.39. The molecule has 0 amide bonds. The number of morpholine rings is 1. The van der Waals surface area contributed by atoms with Gasteiger partial charge in [0.15, 0.2) is 5.96 Å². The van der Waals surface area contributed by atoms with E-state index >= 15 is 0 Å². The molecule has 5 nitrogen and oxygen atoms in total. The maximum atomic E-state index is 5.79. The first-order valence-electron chi connectivity index (χ1n) is 6.59. The summed E-state index contributed by atoms with van der Waals surface area (Å²) in [7, 11) is 0. The van der Waals surface area contributed by atoms with Crippen molar-refractivity contribution in [3.05, 3.63) is 0 Å². The molecule has 1 rings (SSSR count). The van der Waals surface area contributed by atoms with Gasteiger partial charge in [0.1, 0.15) is 0 Å². The maximum absolute atomic E-state index is 5.79. The van der Waals surface area contributed by atoms with E-state index in [0.29, 0.717) is 11.2 Å². The highest BCUT2D eigenvalue weighted by Gasteiger charge is 2.08. The average molecular weight is 274 g/mol. The predicted molar refractivity (Wildman–Crippen MR) is 79.3 cm³/mol. The van der Waals surface area contributed by atoms with E-state index < -0.39 is 0 Å². The van der Waals surface area contributed by atoms with Gasteiger partial charge in [0.25, 0.3) is 0 Å². The minimum Gasteiger partial charge on any atom is -0.379 e. The molecule has 1 aliphatic rings. The van der Waals surface area contributed by atoms with Gasteiger partial charge in [-0.25, -0.2) is 0 Å². The van der Waals surface area contributed by atoms with E-state index in [1.807, 2.05) is 0 Å². The number of nitrogens with one attached hydrogen (secondary N) is 1. The van der Waals surface area contributed by atoms with Gasteiger partial charge in [-0.05, 0) is 19.2 Å². The number of hydrogen-bond acceptors (Lipinski definition) is 4. The summed E-state index contributed by atoms with van der Waals surface area (Å²) in [6.07, 6.45) is 3.18. The Labute approximate surface area is 115 Å². The molecule has 0 saturated carbocycles. The lowest BCUT2D eigenvalue weighted by Gasteiger charge is -2.26. The Hall–Kier alpha value is -0.460. The van der Waals surface area contributed by atoms with Crippen molar-refractivity contribution in [3.63, 3.8) is 0 Å². The van der Waals surface area contributed by atoms with Crippen molar-refractivity contribution in [1.82, 2.24) is 10.2 Å². The van der Waals surface area contributed by atoms with Gasteiger partial charge in [0.2, 0.25) is 0 Å². The van der Waals surface area contributed by atoms with Gasteiger partial charge in [-0.15, -0.1) is 0 Å². The number of guanidine groups is 1. The normalized spacial score (nSPS) is 19.8. The van der Waals surface area contributed by atoms with Gasteiger partial charge in [0, 0.05) is 24.9 Å². The molecule has 1 heterocycles. The topological polar surface area (TPSA) is 62.9 Å². The molecular formula is C12H26N4OS. The zero-order chi connectivity index (χ0) is 13.2. The summed E-state index contributed by atoms with van der Waals surface area (Å²) in [6, 6.07) is 0. The van der Waals surface area contributed by atoms with Crippen molar-refractivity contribution in [3.8, 4) is 0 Å². The van der Waals surface area contributed by atoms with Crippen molar-refractivity contribution in [2.24, 2.45) is 10.7 Å². The van der Waals surface area contributed by atoms with Crippen molar-refractivity contribution < 1.29 is 4.74 Å². The first-order chi connectivity index (χ1) is 8.72. The average Bonchev–Trinajstić information content (AvgIpc) is 2.42. The second-order valence-corrected chi connectivity index (χ2v) is 5.78. The number of nitrogens with two attached hydrogens (primary N) is 1. The van der Waals surface area contributed by atoms with Crippen molar-refractivity contribution in [2.75, 3.05) is 52.2 Å². The van der Waals surface area contributed by atoms with E-state index in [2.05, 4.69) is 28.4 Å². The quantitative estimate of drug-likeness (QED) is 0.399. The molecule has 3 N–H and O–H groups in total. The molecular weight excluding hydrogens is 248 g/mol. The summed E-state index contributed by atoms with van der Waals surface area (Å²) in [5.74, 6) is 0.567. The van der Waals surface area contributed by atoms with Crippen LogP contribution in [-0.4, -0.2) is 68.3 Å². The molecule has 6 heteroatoms. The smallest absolute Gasteiger partial charge is 0.188 e. The summed E-state index contributed by atoms with van der Waals surface area (Å²) in [5, 5.41) is 3.69. The van der Waals surface area contributed by atoms with Crippen LogP contribution in [0.15, 0.2) is 4.99 Å². The van der Waals surface area contributed by atoms with E-state index in [-0.39, 0.29) is 0 Å². The summed E-state index contributed by atoms with van der Waals surface area (Å²) < 4.78 is 5.31. The first kappa shape index (κ1) is 15.6. The van der Waals surface area contributed by atoms with Crippen LogP contribution in [-0.2, 0) is 4.74 Å². The van der Waals surface area contributed by atoms with Crippen LogP contribution >= 0.6 is 11.8 Å². The molecule has 1 fully saturated rings. The third-order valence-electron chi connectivity index (χ3n) is 2.98. The molecule has 0 spiro atoms. The van der Waals surface area contributed by atoms with Gasteiger partial charge in [0.05, 0.1) is 19.8 Å². The Morgan fingerprint density at radius 1 is 1.50 bits per heavy atom. The van der Waals surface area contributed by atoms with Crippen LogP contribution in [0.3, 0.4) is 0 Å². The van der Waals surface area contributed by atoms with Gasteiger partial charge >= 0.3 is 0 Å². The van der Waals surface area contributed by atoms with Crippen LogP contribution in [0.5, 0.6) is 0 Å². The number of hydrogen-bond donors (Lipinski definition) is 2. The number of rotatable bonds is 7. The second-order valence-electron chi connectivity index (χ2n) is 4.51. The first-order valence-corrected chi connectivity index (χ1v) is 7.88. The van der Waals surface area contributed by atoms with Crippen LogP contribution in [0.25, 0.3) is 0 Å². The van der Waals surface area contributed by atoms with E-state index in [1.165, 1.54) is 0 Å². The van der Waals surface area contributed by atoms with Crippen molar-refractivity contribution in [1.29, 1.82) is 0 Å². The van der Waals surface area contributed by atoms with Crippen molar-refractivity contribution >= 4 is 17.7 Å². The lowest BCUT2D eigenvalue weighted by atomic mass is 10.3. The Bertz CT molecular complexity index is 244. The lowest BCUT2D eigenvalue weighted by molar-refractivity contribution is 0.0376. The highest BCUT2D eigenvalue weighted by Crippen LogP contribution is 2.04. The summed E-state index contributed by atoms with van der Waals surface area (Å²) in [4.78, 5) is 6.73. The van der Waals surface area contributed by atoms with Crippen LogP contribution in [0, 0.1) is 0 Å². The van der Waals surface area contributed by atoms with Gasteiger partial charge < -0.3 is 15.8 Å². The fourth-order valence-electron chi connectivity index (χ4n) is 1.70. The van der Waals surface area contributed by atoms with E-state index in [4.69, 9.17) is 10.5 Å². The fraction of sp³-hybridized carbons (Fsp3) is 0.917. The van der Waals surface area contributed by atoms with Gasteiger partial charge in [-0.3, -0.25) is 9.89 Å². The van der Waals surface area contributed by atoms with Gasteiger partial charge in [-0.1, -0.05) is 6.92 Å². The number of aliphatic imine (C=N–C) groups is 1. The minimum atomic E-state index is 0.527. The SMILES string of the molecule is CSC(C)CN=C(N)NCCCN1CCOCC1. The Morgan fingerprint density at radius 2 is 2.22 bits per heavy atom. The molecule has 1 aliphatic heterocycles. The monoisotopic (exact) mass is 274 g/mol. The second kappa shape index (κ2) is 9.47. The molecule has 0 aliphatic carbocycles. The van der Waals surface area contributed by atoms with Crippen LogP contribution in [0.2, 0.25) is 0 Å². The van der Waals surface area contributed by atoms with E-state index in [1.54, 1.807) is 11.8 Å². The summed E-state index contributed by atoms with van der Waals surface area (Å²) >= 11 is 1.80. The van der Waals surface area contributed by atoms with E-state index in [0.717, 1.165) is 52.4 Å². The highest BCUT2D eigenvalue weighted by molar-refractivity contribution is 7.99.